The van der Waals surface area contributed by atoms with Gasteiger partial charge in [0, 0.05) is 25.7 Å². The molecule has 0 aromatic carbocycles. The van der Waals surface area contributed by atoms with Crippen LogP contribution in [0.5, 0.6) is 0 Å². The lowest BCUT2D eigenvalue weighted by Gasteiger charge is -2.32. The molecule has 2 amide bonds. The first-order valence-corrected chi connectivity index (χ1v) is 11.3. The molecule has 2 aliphatic heterocycles. The van der Waals surface area contributed by atoms with E-state index in [4.69, 9.17) is 4.74 Å². The van der Waals surface area contributed by atoms with Crippen LogP contribution in [0.4, 0.5) is 0 Å². The molecule has 150 valence electrons. The second-order valence-electron chi connectivity index (χ2n) is 6.99. The van der Waals surface area contributed by atoms with Gasteiger partial charge in [0.25, 0.3) is 0 Å². The third-order valence-corrected chi connectivity index (χ3v) is 6.69. The van der Waals surface area contributed by atoms with E-state index in [1.54, 1.807) is 9.80 Å². The molecule has 2 aliphatic rings. The van der Waals surface area contributed by atoms with Crippen molar-refractivity contribution in [1.82, 2.24) is 15.1 Å². The average molecular weight is 390 g/mol. The molecule has 0 bridgehead atoms. The Kier molecular flexibility index (Phi) is 7.85. The minimum atomic E-state index is -3.08. The maximum atomic E-state index is 12.9. The van der Waals surface area contributed by atoms with Crippen molar-refractivity contribution in [2.75, 3.05) is 50.8 Å². The third-order valence-electron chi connectivity index (χ3n) is 4.94. The second-order valence-corrected chi connectivity index (χ2v) is 9.22. The van der Waals surface area contributed by atoms with Gasteiger partial charge in [-0.25, -0.2) is 8.42 Å². The first-order valence-electron chi connectivity index (χ1n) is 9.45. The van der Waals surface area contributed by atoms with Crippen LogP contribution in [-0.4, -0.2) is 93.0 Å². The summed E-state index contributed by atoms with van der Waals surface area (Å²) in [7, 11) is -3.08. The molecule has 0 saturated carbocycles. The van der Waals surface area contributed by atoms with E-state index in [9.17, 15) is 18.0 Å². The zero-order valence-corrected chi connectivity index (χ0v) is 16.6. The summed E-state index contributed by atoms with van der Waals surface area (Å²) in [5.74, 6) is -0.0953. The van der Waals surface area contributed by atoms with Crippen molar-refractivity contribution in [1.29, 1.82) is 0 Å². The van der Waals surface area contributed by atoms with Crippen LogP contribution in [-0.2, 0) is 24.2 Å². The molecular formula is C17H31N3O5S. The standard InChI is InChI=1S/C17H31N3O5S/c1-3-18-16(21)11-19(4-2)12-17(22)20(10-15-6-5-8-25-15)14-7-9-26(23,24)13-14/h14-15H,3-13H2,1-2H3,(H,18,21). The van der Waals surface area contributed by atoms with E-state index in [2.05, 4.69) is 5.32 Å². The van der Waals surface area contributed by atoms with Crippen molar-refractivity contribution in [3.8, 4) is 0 Å². The molecule has 2 atom stereocenters. The van der Waals surface area contributed by atoms with Gasteiger partial charge in [0.1, 0.15) is 0 Å². The summed E-state index contributed by atoms with van der Waals surface area (Å²) in [6.07, 6.45) is 2.30. The second kappa shape index (κ2) is 9.66. The van der Waals surface area contributed by atoms with Crippen LogP contribution in [0.2, 0.25) is 0 Å². The van der Waals surface area contributed by atoms with Gasteiger partial charge >= 0.3 is 0 Å². The predicted octanol–water partition coefficient (Wildman–Crippen LogP) is -0.361. The number of nitrogens with one attached hydrogen (secondary N) is 1. The van der Waals surface area contributed by atoms with Gasteiger partial charge in [-0.1, -0.05) is 6.92 Å². The molecule has 2 unspecified atom stereocenters. The van der Waals surface area contributed by atoms with Gasteiger partial charge < -0.3 is 15.0 Å². The monoisotopic (exact) mass is 389 g/mol. The van der Waals surface area contributed by atoms with E-state index in [0.29, 0.717) is 32.7 Å². The van der Waals surface area contributed by atoms with Crippen LogP contribution in [0.15, 0.2) is 0 Å². The number of sulfone groups is 1. The van der Waals surface area contributed by atoms with E-state index >= 15 is 0 Å². The largest absolute Gasteiger partial charge is 0.376 e. The lowest BCUT2D eigenvalue weighted by atomic mass is 10.1. The molecule has 2 rings (SSSR count). The minimum absolute atomic E-state index is 0.0217. The topological polar surface area (TPSA) is 96.0 Å². The first-order chi connectivity index (χ1) is 12.3. The third kappa shape index (κ3) is 6.21. The number of amides is 2. The fraction of sp³-hybridized carbons (Fsp3) is 0.882. The molecule has 0 radical (unpaired) electrons. The van der Waals surface area contributed by atoms with Crippen LogP contribution in [0, 0.1) is 0 Å². The normalized spacial score (nSPS) is 24.7. The fourth-order valence-electron chi connectivity index (χ4n) is 3.50. The molecule has 2 saturated heterocycles. The first kappa shape index (κ1) is 21.1. The maximum Gasteiger partial charge on any atom is 0.237 e. The highest BCUT2D eigenvalue weighted by molar-refractivity contribution is 7.91. The molecule has 26 heavy (non-hydrogen) atoms. The molecular weight excluding hydrogens is 358 g/mol. The van der Waals surface area contributed by atoms with Crippen LogP contribution < -0.4 is 5.32 Å². The van der Waals surface area contributed by atoms with Gasteiger partial charge in [0.15, 0.2) is 9.84 Å². The zero-order valence-electron chi connectivity index (χ0n) is 15.8. The molecule has 0 spiro atoms. The van der Waals surface area contributed by atoms with Crippen LogP contribution >= 0.6 is 0 Å². The quantitative estimate of drug-likeness (QED) is 0.579. The molecule has 1 N–H and O–H groups in total. The smallest absolute Gasteiger partial charge is 0.237 e. The number of carbonyl (C=O) groups is 2. The SMILES string of the molecule is CCNC(=O)CN(CC)CC(=O)N(CC1CCCO1)C1CCS(=O)(=O)C1. The Balaban J connectivity index is 2.02. The highest BCUT2D eigenvalue weighted by Crippen LogP contribution is 2.21. The summed E-state index contributed by atoms with van der Waals surface area (Å²) >= 11 is 0. The maximum absolute atomic E-state index is 12.9. The fourth-order valence-corrected chi connectivity index (χ4v) is 5.23. The van der Waals surface area contributed by atoms with Crippen LogP contribution in [0.1, 0.15) is 33.1 Å². The molecule has 0 aliphatic carbocycles. The van der Waals surface area contributed by atoms with Gasteiger partial charge in [-0.2, -0.15) is 0 Å². The number of likely N-dealkylation sites (N-methyl/N-ethyl adjacent to an activating group) is 2. The van der Waals surface area contributed by atoms with Gasteiger partial charge in [-0.05, 0) is 32.7 Å². The number of carbonyl (C=O) groups excluding carboxylic acids is 2. The molecule has 0 aromatic heterocycles. The van der Waals surface area contributed by atoms with Crippen molar-refractivity contribution in [3.05, 3.63) is 0 Å². The van der Waals surface area contributed by atoms with Crippen LogP contribution in [0.25, 0.3) is 0 Å². The number of rotatable bonds is 9. The van der Waals surface area contributed by atoms with Crippen molar-refractivity contribution in [2.45, 2.75) is 45.3 Å². The summed E-state index contributed by atoms with van der Waals surface area (Å²) in [6.45, 7) is 6.25. The van der Waals surface area contributed by atoms with Crippen LogP contribution in [0.3, 0.4) is 0 Å². The van der Waals surface area contributed by atoms with E-state index < -0.39 is 9.84 Å². The van der Waals surface area contributed by atoms with E-state index in [1.807, 2.05) is 13.8 Å². The van der Waals surface area contributed by atoms with Crippen molar-refractivity contribution < 1.29 is 22.7 Å². The van der Waals surface area contributed by atoms with E-state index in [-0.39, 0.29) is 48.6 Å². The Labute approximate surface area is 156 Å². The lowest BCUT2D eigenvalue weighted by molar-refractivity contribution is -0.136. The summed E-state index contributed by atoms with van der Waals surface area (Å²) < 4.78 is 29.4. The number of nitrogens with zero attached hydrogens (tertiary/aromatic N) is 2. The summed E-state index contributed by atoms with van der Waals surface area (Å²) in [4.78, 5) is 28.2. The Morgan fingerprint density at radius 2 is 1.96 bits per heavy atom. The Morgan fingerprint density at radius 1 is 1.19 bits per heavy atom. The van der Waals surface area contributed by atoms with Crippen molar-refractivity contribution >= 4 is 21.7 Å². The Hall–Kier alpha value is -1.19. The predicted molar refractivity (Wildman–Crippen MR) is 98.5 cm³/mol. The Bertz CT molecular complexity index is 589. The van der Waals surface area contributed by atoms with Crippen molar-refractivity contribution in [3.63, 3.8) is 0 Å². The molecule has 0 aromatic rings. The summed E-state index contributed by atoms with van der Waals surface area (Å²) in [6, 6.07) is -0.292. The van der Waals surface area contributed by atoms with Gasteiger partial charge in [0.2, 0.25) is 11.8 Å². The average Bonchev–Trinajstić information content (AvgIpc) is 3.21. The van der Waals surface area contributed by atoms with Gasteiger partial charge in [-0.3, -0.25) is 14.5 Å². The molecule has 9 heteroatoms. The number of ether oxygens (including phenoxy) is 1. The summed E-state index contributed by atoms with van der Waals surface area (Å²) in [5.41, 5.74) is 0. The van der Waals surface area contributed by atoms with E-state index in [1.165, 1.54) is 0 Å². The Morgan fingerprint density at radius 3 is 2.50 bits per heavy atom. The zero-order chi connectivity index (χ0) is 19.2. The molecule has 2 fully saturated rings. The minimum Gasteiger partial charge on any atom is -0.376 e. The lowest BCUT2D eigenvalue weighted by Crippen LogP contribution is -2.50. The highest BCUT2D eigenvalue weighted by atomic mass is 32.2. The van der Waals surface area contributed by atoms with Gasteiger partial charge in [0.05, 0.1) is 30.7 Å². The van der Waals surface area contributed by atoms with E-state index in [0.717, 1.165) is 12.8 Å². The highest BCUT2D eigenvalue weighted by Gasteiger charge is 2.36. The van der Waals surface area contributed by atoms with Crippen molar-refractivity contribution in [2.24, 2.45) is 0 Å². The molecule has 2 heterocycles. The molecule has 8 nitrogen and oxygen atoms in total. The summed E-state index contributed by atoms with van der Waals surface area (Å²) in [5, 5.41) is 2.73. The number of hydrogen-bond acceptors (Lipinski definition) is 6. The van der Waals surface area contributed by atoms with Gasteiger partial charge in [-0.15, -0.1) is 0 Å². The number of hydrogen-bond donors (Lipinski definition) is 1.